The lowest BCUT2D eigenvalue weighted by Gasteiger charge is -2.21. The summed E-state index contributed by atoms with van der Waals surface area (Å²) in [5.74, 6) is -0.381. The maximum atomic E-state index is 12.9. The molecule has 2 aromatic heterocycles. The Bertz CT molecular complexity index is 912. The number of thiophene rings is 1. The van der Waals surface area contributed by atoms with Gasteiger partial charge in [0, 0.05) is 23.5 Å². The van der Waals surface area contributed by atoms with E-state index in [2.05, 4.69) is 0 Å². The van der Waals surface area contributed by atoms with Crippen LogP contribution >= 0.6 is 11.3 Å². The zero-order valence-corrected chi connectivity index (χ0v) is 15.7. The lowest BCUT2D eigenvalue weighted by molar-refractivity contribution is -0.137. The molecule has 0 bridgehead atoms. The van der Waals surface area contributed by atoms with Gasteiger partial charge < -0.3 is 4.42 Å². The van der Waals surface area contributed by atoms with Gasteiger partial charge in [-0.15, -0.1) is 11.3 Å². The van der Waals surface area contributed by atoms with Gasteiger partial charge in [-0.05, 0) is 35.2 Å². The summed E-state index contributed by atoms with van der Waals surface area (Å²) < 4.78 is 70.2. The summed E-state index contributed by atoms with van der Waals surface area (Å²) in [5.41, 5.74) is 0.186. The number of hydrogen-bond acceptors (Lipinski definition) is 4. The maximum absolute atomic E-state index is 12.9. The van der Waals surface area contributed by atoms with E-state index in [1.807, 2.05) is 17.5 Å². The molecule has 144 valence electrons. The van der Waals surface area contributed by atoms with Gasteiger partial charge in [0.05, 0.1) is 23.8 Å². The minimum absolute atomic E-state index is 0.122. The fourth-order valence-electron chi connectivity index (χ4n) is 2.51. The van der Waals surface area contributed by atoms with Crippen LogP contribution in [0.5, 0.6) is 0 Å². The van der Waals surface area contributed by atoms with Crippen LogP contribution < -0.4 is 0 Å². The van der Waals surface area contributed by atoms with E-state index in [-0.39, 0.29) is 18.8 Å². The molecular formula is C18H16F3NO3S2. The SMILES string of the molecule is O=S(=O)(Cc1ccc(C(F)(F)F)cc1)N(Cc1ccoc1)Cc1cccs1. The standard InChI is InChI=1S/C18H16F3NO3S2/c19-18(20,21)16-5-3-14(4-6-16)13-27(23,24)22(10-15-7-8-25-12-15)11-17-2-1-9-26-17/h1-9,12H,10-11,13H2. The quantitative estimate of drug-likeness (QED) is 0.552. The zero-order valence-electron chi connectivity index (χ0n) is 14.0. The first-order valence-corrected chi connectivity index (χ1v) is 10.4. The third-order valence-electron chi connectivity index (χ3n) is 3.88. The van der Waals surface area contributed by atoms with Crippen molar-refractivity contribution in [2.75, 3.05) is 0 Å². The molecule has 0 spiro atoms. The topological polar surface area (TPSA) is 50.5 Å². The Labute approximate surface area is 158 Å². The summed E-state index contributed by atoms with van der Waals surface area (Å²) in [6, 6.07) is 9.52. The molecule has 0 unspecified atom stereocenters. The summed E-state index contributed by atoms with van der Waals surface area (Å²) in [4.78, 5) is 0.870. The van der Waals surface area contributed by atoms with Crippen molar-refractivity contribution < 1.29 is 26.0 Å². The van der Waals surface area contributed by atoms with Crippen molar-refractivity contribution in [1.29, 1.82) is 0 Å². The van der Waals surface area contributed by atoms with E-state index in [1.165, 1.54) is 40.3 Å². The third-order valence-corrected chi connectivity index (χ3v) is 6.48. The van der Waals surface area contributed by atoms with Gasteiger partial charge in [0.25, 0.3) is 0 Å². The van der Waals surface area contributed by atoms with Gasteiger partial charge in [-0.2, -0.15) is 17.5 Å². The molecule has 9 heteroatoms. The number of alkyl halides is 3. The van der Waals surface area contributed by atoms with Crippen LogP contribution in [0.4, 0.5) is 13.2 Å². The van der Waals surface area contributed by atoms with Crippen molar-refractivity contribution >= 4 is 21.4 Å². The largest absolute Gasteiger partial charge is 0.472 e. The molecule has 27 heavy (non-hydrogen) atoms. The number of nitrogens with zero attached hydrogens (tertiary/aromatic N) is 1. The van der Waals surface area contributed by atoms with E-state index >= 15 is 0 Å². The van der Waals surface area contributed by atoms with Crippen LogP contribution in [0.15, 0.2) is 64.8 Å². The lowest BCUT2D eigenvalue weighted by atomic mass is 10.1. The van der Waals surface area contributed by atoms with Crippen LogP contribution in [-0.2, 0) is 35.0 Å². The number of rotatable bonds is 7. The maximum Gasteiger partial charge on any atom is 0.416 e. The summed E-state index contributed by atoms with van der Waals surface area (Å²) in [6.07, 6.45) is -1.53. The number of furan rings is 1. The summed E-state index contributed by atoms with van der Waals surface area (Å²) in [6.45, 7) is 0.309. The van der Waals surface area contributed by atoms with Crippen LogP contribution in [0.2, 0.25) is 0 Å². The lowest BCUT2D eigenvalue weighted by Crippen LogP contribution is -2.31. The van der Waals surface area contributed by atoms with Gasteiger partial charge in [0.1, 0.15) is 0 Å². The fourth-order valence-corrected chi connectivity index (χ4v) is 4.79. The molecule has 4 nitrogen and oxygen atoms in total. The highest BCUT2D eigenvalue weighted by atomic mass is 32.2. The molecule has 2 heterocycles. The first-order chi connectivity index (χ1) is 12.7. The van der Waals surface area contributed by atoms with E-state index in [0.717, 1.165) is 17.0 Å². The number of sulfonamides is 1. The molecule has 0 radical (unpaired) electrons. The average Bonchev–Trinajstić information content (AvgIpc) is 3.27. The number of hydrogen-bond donors (Lipinski definition) is 0. The molecular weight excluding hydrogens is 399 g/mol. The zero-order chi connectivity index (χ0) is 19.5. The Balaban J connectivity index is 1.81. The van der Waals surface area contributed by atoms with Crippen molar-refractivity contribution in [1.82, 2.24) is 4.31 Å². The van der Waals surface area contributed by atoms with Gasteiger partial charge in [-0.3, -0.25) is 0 Å². The van der Waals surface area contributed by atoms with E-state index < -0.39 is 21.8 Å². The molecule has 0 aliphatic carbocycles. The third kappa shape index (κ3) is 5.21. The number of benzene rings is 1. The van der Waals surface area contributed by atoms with Crippen molar-refractivity contribution in [3.63, 3.8) is 0 Å². The second-order valence-corrected chi connectivity index (χ2v) is 8.93. The molecule has 3 aromatic rings. The van der Waals surface area contributed by atoms with Crippen LogP contribution in [0.25, 0.3) is 0 Å². The van der Waals surface area contributed by atoms with E-state index in [9.17, 15) is 21.6 Å². The Hall–Kier alpha value is -2.10. The minimum atomic E-state index is -4.45. The molecule has 0 aliphatic heterocycles. The molecule has 0 amide bonds. The Morgan fingerprint density at radius 1 is 1.00 bits per heavy atom. The molecule has 0 fully saturated rings. The summed E-state index contributed by atoms with van der Waals surface area (Å²) in [7, 11) is -3.76. The average molecular weight is 415 g/mol. The second kappa shape index (κ2) is 7.87. The Morgan fingerprint density at radius 3 is 2.30 bits per heavy atom. The Kier molecular flexibility index (Phi) is 5.73. The van der Waals surface area contributed by atoms with Crippen LogP contribution in [0.1, 0.15) is 21.6 Å². The van der Waals surface area contributed by atoms with Crippen molar-refractivity contribution in [3.8, 4) is 0 Å². The van der Waals surface area contributed by atoms with Crippen LogP contribution in [0, 0.1) is 0 Å². The highest BCUT2D eigenvalue weighted by Crippen LogP contribution is 2.29. The normalized spacial score (nSPS) is 12.6. The minimum Gasteiger partial charge on any atom is -0.472 e. The predicted octanol–water partition coefficient (Wildman–Crippen LogP) is 4.89. The predicted molar refractivity (Wildman–Crippen MR) is 96.3 cm³/mol. The highest BCUT2D eigenvalue weighted by Gasteiger charge is 2.30. The first kappa shape index (κ1) is 19.7. The molecule has 0 N–H and O–H groups in total. The Morgan fingerprint density at radius 2 is 1.74 bits per heavy atom. The molecule has 0 aliphatic rings. The fraction of sp³-hybridized carbons (Fsp3) is 0.222. The molecule has 1 aromatic carbocycles. The van der Waals surface area contributed by atoms with E-state index in [4.69, 9.17) is 4.42 Å². The molecule has 0 atom stereocenters. The second-order valence-electron chi connectivity index (χ2n) is 5.93. The monoisotopic (exact) mass is 415 g/mol. The van der Waals surface area contributed by atoms with Crippen LogP contribution in [0.3, 0.4) is 0 Å². The van der Waals surface area contributed by atoms with Crippen LogP contribution in [-0.4, -0.2) is 12.7 Å². The van der Waals surface area contributed by atoms with Gasteiger partial charge in [-0.25, -0.2) is 8.42 Å². The molecule has 3 rings (SSSR count). The van der Waals surface area contributed by atoms with Crippen molar-refractivity contribution in [3.05, 3.63) is 81.9 Å². The molecule has 0 saturated heterocycles. The van der Waals surface area contributed by atoms with Crippen molar-refractivity contribution in [2.45, 2.75) is 25.0 Å². The molecule has 0 saturated carbocycles. The van der Waals surface area contributed by atoms with E-state index in [0.29, 0.717) is 11.1 Å². The van der Waals surface area contributed by atoms with Crippen molar-refractivity contribution in [2.24, 2.45) is 0 Å². The number of halogens is 3. The van der Waals surface area contributed by atoms with Gasteiger partial charge in [0.2, 0.25) is 10.0 Å². The van der Waals surface area contributed by atoms with Gasteiger partial charge in [-0.1, -0.05) is 18.2 Å². The van der Waals surface area contributed by atoms with Gasteiger partial charge >= 0.3 is 6.18 Å². The smallest absolute Gasteiger partial charge is 0.416 e. The van der Waals surface area contributed by atoms with Gasteiger partial charge in [0.15, 0.2) is 0 Å². The summed E-state index contributed by atoms with van der Waals surface area (Å²) >= 11 is 1.44. The first-order valence-electron chi connectivity index (χ1n) is 7.91. The summed E-state index contributed by atoms with van der Waals surface area (Å²) in [5, 5.41) is 1.86. The van der Waals surface area contributed by atoms with E-state index in [1.54, 1.807) is 6.07 Å². The highest BCUT2D eigenvalue weighted by molar-refractivity contribution is 7.88.